The van der Waals surface area contributed by atoms with Crippen LogP contribution in [-0.2, 0) is 10.0 Å². The molecule has 1 saturated heterocycles. The lowest BCUT2D eigenvalue weighted by molar-refractivity contribution is 0.382. The summed E-state index contributed by atoms with van der Waals surface area (Å²) in [6.07, 6.45) is 0. The van der Waals surface area contributed by atoms with Gasteiger partial charge in [-0.15, -0.1) is 0 Å². The topological polar surface area (TPSA) is 69.6 Å². The van der Waals surface area contributed by atoms with Crippen molar-refractivity contribution in [2.24, 2.45) is 0 Å². The third-order valence-electron chi connectivity index (χ3n) is 5.22. The zero-order valence-corrected chi connectivity index (χ0v) is 18.3. The molecule has 7 nitrogen and oxygen atoms in total. The molecule has 2 heterocycles. The molecular formula is C20H29N5O2S. The summed E-state index contributed by atoms with van der Waals surface area (Å²) in [5, 5.41) is 0. The summed E-state index contributed by atoms with van der Waals surface area (Å²) >= 11 is 0. The van der Waals surface area contributed by atoms with Crippen LogP contribution in [0.3, 0.4) is 0 Å². The molecule has 0 aliphatic carbocycles. The van der Waals surface area contributed by atoms with Gasteiger partial charge < -0.3 is 9.80 Å². The zero-order valence-electron chi connectivity index (χ0n) is 17.5. The Kier molecular flexibility index (Phi) is 5.63. The van der Waals surface area contributed by atoms with Gasteiger partial charge in [-0.3, -0.25) is 0 Å². The van der Waals surface area contributed by atoms with Crippen molar-refractivity contribution in [2.45, 2.75) is 32.6 Å². The Balaban J connectivity index is 1.79. The second-order valence-corrected chi connectivity index (χ2v) is 9.56. The molecule has 8 heteroatoms. The van der Waals surface area contributed by atoms with Crippen molar-refractivity contribution in [1.29, 1.82) is 0 Å². The average Bonchev–Trinajstić information content (AvgIpc) is 2.64. The van der Waals surface area contributed by atoms with Crippen molar-refractivity contribution in [1.82, 2.24) is 14.3 Å². The van der Waals surface area contributed by atoms with E-state index in [0.717, 1.165) is 28.2 Å². The fourth-order valence-corrected chi connectivity index (χ4v) is 5.10. The number of sulfonamides is 1. The van der Waals surface area contributed by atoms with Gasteiger partial charge in [-0.25, -0.2) is 13.4 Å². The first-order chi connectivity index (χ1) is 13.1. The maximum atomic E-state index is 13.2. The van der Waals surface area contributed by atoms with Crippen molar-refractivity contribution >= 4 is 21.8 Å². The summed E-state index contributed by atoms with van der Waals surface area (Å²) in [6.45, 7) is 9.73. The fraction of sp³-hybridized carbons (Fsp3) is 0.500. The van der Waals surface area contributed by atoms with Crippen molar-refractivity contribution < 1.29 is 8.42 Å². The van der Waals surface area contributed by atoms with Crippen molar-refractivity contribution in [3.63, 3.8) is 0 Å². The molecule has 0 radical (unpaired) electrons. The maximum absolute atomic E-state index is 13.2. The van der Waals surface area contributed by atoms with E-state index in [2.05, 4.69) is 14.9 Å². The third kappa shape index (κ3) is 3.98. The highest BCUT2D eigenvalue weighted by Gasteiger charge is 2.30. The van der Waals surface area contributed by atoms with E-state index in [4.69, 9.17) is 0 Å². The van der Waals surface area contributed by atoms with Crippen molar-refractivity contribution in [2.75, 3.05) is 50.1 Å². The number of hydrogen-bond donors (Lipinski definition) is 0. The fourth-order valence-electron chi connectivity index (χ4n) is 3.39. The molecule has 0 spiro atoms. The minimum atomic E-state index is -3.51. The predicted octanol–water partition coefficient (Wildman–Crippen LogP) is 2.29. The number of anilines is 2. The zero-order chi connectivity index (χ0) is 20.6. The van der Waals surface area contributed by atoms with Crippen LogP contribution in [0.5, 0.6) is 0 Å². The highest BCUT2D eigenvalue weighted by molar-refractivity contribution is 7.89. The van der Waals surface area contributed by atoms with Gasteiger partial charge in [0.15, 0.2) is 0 Å². The van der Waals surface area contributed by atoms with E-state index in [1.807, 2.05) is 58.8 Å². The first kappa shape index (κ1) is 20.5. The molecule has 1 aliphatic heterocycles. The number of rotatable bonds is 4. The van der Waals surface area contributed by atoms with E-state index < -0.39 is 10.0 Å². The maximum Gasteiger partial charge on any atom is 0.243 e. The monoisotopic (exact) mass is 403 g/mol. The van der Waals surface area contributed by atoms with Crippen LogP contribution in [0.1, 0.15) is 22.4 Å². The summed E-state index contributed by atoms with van der Waals surface area (Å²) < 4.78 is 27.9. The van der Waals surface area contributed by atoms with E-state index in [9.17, 15) is 8.42 Å². The number of benzene rings is 1. The number of aryl methyl sites for hydroxylation is 4. The Labute approximate surface area is 168 Å². The molecule has 0 saturated carbocycles. The smallest absolute Gasteiger partial charge is 0.243 e. The Morgan fingerprint density at radius 2 is 1.46 bits per heavy atom. The lowest BCUT2D eigenvalue weighted by Gasteiger charge is -2.34. The standard InChI is InChI=1S/C20H29N5O2S/c1-14-11-16(3)18(12-15(14)2)28(26,27)25-9-7-24(8-10-25)20-21-17(4)13-19(22-20)23(5)6/h11-13H,7-10H2,1-6H3. The lowest BCUT2D eigenvalue weighted by atomic mass is 10.1. The number of hydrogen-bond acceptors (Lipinski definition) is 6. The predicted molar refractivity (Wildman–Crippen MR) is 113 cm³/mol. The van der Waals surface area contributed by atoms with Gasteiger partial charge in [-0.2, -0.15) is 9.29 Å². The normalized spacial score (nSPS) is 15.7. The molecule has 0 N–H and O–H groups in total. The highest BCUT2D eigenvalue weighted by atomic mass is 32.2. The molecule has 0 amide bonds. The van der Waals surface area contributed by atoms with Gasteiger partial charge in [-0.1, -0.05) is 6.07 Å². The molecule has 1 aliphatic rings. The molecule has 0 atom stereocenters. The van der Waals surface area contributed by atoms with Gasteiger partial charge in [0.1, 0.15) is 5.82 Å². The van der Waals surface area contributed by atoms with Crippen LogP contribution in [0.15, 0.2) is 23.1 Å². The van der Waals surface area contributed by atoms with Crippen LogP contribution < -0.4 is 9.80 Å². The molecule has 2 aromatic rings. The van der Waals surface area contributed by atoms with Crippen LogP contribution in [0.2, 0.25) is 0 Å². The van der Waals surface area contributed by atoms with Gasteiger partial charge in [0, 0.05) is 52.0 Å². The van der Waals surface area contributed by atoms with Gasteiger partial charge in [0.2, 0.25) is 16.0 Å². The average molecular weight is 404 g/mol. The Morgan fingerprint density at radius 3 is 2.07 bits per heavy atom. The first-order valence-electron chi connectivity index (χ1n) is 9.45. The second kappa shape index (κ2) is 7.67. The molecule has 1 fully saturated rings. The molecule has 1 aromatic carbocycles. The molecule has 3 rings (SSSR count). The molecule has 0 unspecified atom stereocenters. The molecule has 1 aromatic heterocycles. The highest BCUT2D eigenvalue weighted by Crippen LogP contribution is 2.25. The molecule has 152 valence electrons. The molecule has 28 heavy (non-hydrogen) atoms. The van der Waals surface area contributed by atoms with Crippen molar-refractivity contribution in [3.8, 4) is 0 Å². The van der Waals surface area contributed by atoms with E-state index >= 15 is 0 Å². The van der Waals surface area contributed by atoms with E-state index in [-0.39, 0.29) is 0 Å². The number of piperazine rings is 1. The van der Waals surface area contributed by atoms with Crippen LogP contribution in [0.25, 0.3) is 0 Å². The third-order valence-corrected chi connectivity index (χ3v) is 7.26. The summed E-state index contributed by atoms with van der Waals surface area (Å²) in [5.74, 6) is 1.51. The van der Waals surface area contributed by atoms with Crippen LogP contribution in [0, 0.1) is 27.7 Å². The molecular weight excluding hydrogens is 374 g/mol. The number of aromatic nitrogens is 2. The minimum absolute atomic E-state index is 0.408. The summed E-state index contributed by atoms with van der Waals surface area (Å²) in [4.78, 5) is 13.6. The van der Waals surface area contributed by atoms with Crippen LogP contribution in [0.4, 0.5) is 11.8 Å². The van der Waals surface area contributed by atoms with Crippen molar-refractivity contribution in [3.05, 3.63) is 40.6 Å². The summed E-state index contributed by atoms with van der Waals surface area (Å²) in [7, 11) is 0.383. The second-order valence-electron chi connectivity index (χ2n) is 7.66. The van der Waals surface area contributed by atoms with Crippen LogP contribution in [-0.4, -0.2) is 63.0 Å². The van der Waals surface area contributed by atoms with Crippen LogP contribution >= 0.6 is 0 Å². The van der Waals surface area contributed by atoms with E-state index in [1.54, 1.807) is 10.4 Å². The van der Waals surface area contributed by atoms with Gasteiger partial charge in [0.05, 0.1) is 4.90 Å². The Hall–Kier alpha value is -2.19. The van der Waals surface area contributed by atoms with Gasteiger partial charge >= 0.3 is 0 Å². The minimum Gasteiger partial charge on any atom is -0.363 e. The van der Waals surface area contributed by atoms with E-state index in [0.29, 0.717) is 37.0 Å². The quantitative estimate of drug-likeness (QED) is 0.780. The summed E-state index contributed by atoms with van der Waals surface area (Å²) in [6, 6.07) is 5.67. The Bertz CT molecular complexity index is 980. The molecule has 0 bridgehead atoms. The van der Waals surface area contributed by atoms with Gasteiger partial charge in [-0.05, 0) is 50.5 Å². The first-order valence-corrected chi connectivity index (χ1v) is 10.9. The lowest BCUT2D eigenvalue weighted by Crippen LogP contribution is -2.49. The Morgan fingerprint density at radius 1 is 0.857 bits per heavy atom. The van der Waals surface area contributed by atoms with Gasteiger partial charge in [0.25, 0.3) is 0 Å². The summed E-state index contributed by atoms with van der Waals surface area (Å²) in [5.41, 5.74) is 3.79. The number of nitrogens with zero attached hydrogens (tertiary/aromatic N) is 5. The van der Waals surface area contributed by atoms with E-state index in [1.165, 1.54) is 0 Å². The SMILES string of the molecule is Cc1cc(N(C)C)nc(N2CCN(S(=O)(=O)c3cc(C)c(C)cc3C)CC2)n1. The largest absolute Gasteiger partial charge is 0.363 e.